The van der Waals surface area contributed by atoms with Crippen LogP contribution in [0.5, 0.6) is 0 Å². The number of oxazole rings is 1. The standard InChI is InChI=1S/C14H22N4O/c1-4-7-15-8-5-6-14-16-10-13(19-14)12-9-11(2)17-18(12)3/h9-10,15H,4-8H2,1-3H3. The molecule has 0 fully saturated rings. The molecule has 0 aliphatic carbocycles. The van der Waals surface area contributed by atoms with E-state index in [1.165, 1.54) is 6.42 Å². The highest BCUT2D eigenvalue weighted by atomic mass is 16.4. The lowest BCUT2D eigenvalue weighted by Gasteiger charge is -2.00. The van der Waals surface area contributed by atoms with Gasteiger partial charge in [-0.25, -0.2) is 4.98 Å². The van der Waals surface area contributed by atoms with E-state index >= 15 is 0 Å². The zero-order valence-corrected chi connectivity index (χ0v) is 11.9. The Bertz CT molecular complexity index is 515. The first-order chi connectivity index (χ1) is 9.20. The number of nitrogens with zero attached hydrogens (tertiary/aromatic N) is 3. The minimum Gasteiger partial charge on any atom is -0.439 e. The fourth-order valence-corrected chi connectivity index (χ4v) is 2.05. The molecule has 0 amide bonds. The molecule has 0 bridgehead atoms. The van der Waals surface area contributed by atoms with Gasteiger partial charge in [0.15, 0.2) is 11.7 Å². The first-order valence-corrected chi connectivity index (χ1v) is 6.87. The van der Waals surface area contributed by atoms with Crippen LogP contribution in [0, 0.1) is 6.92 Å². The van der Waals surface area contributed by atoms with Crippen molar-refractivity contribution in [2.75, 3.05) is 13.1 Å². The van der Waals surface area contributed by atoms with E-state index in [9.17, 15) is 0 Å². The molecule has 0 unspecified atom stereocenters. The van der Waals surface area contributed by atoms with Gasteiger partial charge in [-0.2, -0.15) is 5.10 Å². The van der Waals surface area contributed by atoms with Crippen LogP contribution in [0.3, 0.4) is 0 Å². The molecule has 0 spiro atoms. The molecule has 0 radical (unpaired) electrons. The molecule has 2 aromatic rings. The summed E-state index contributed by atoms with van der Waals surface area (Å²) in [6.45, 7) is 6.23. The average Bonchev–Trinajstić information content (AvgIpc) is 2.95. The molecule has 0 saturated carbocycles. The largest absolute Gasteiger partial charge is 0.439 e. The van der Waals surface area contributed by atoms with E-state index in [2.05, 4.69) is 22.3 Å². The molecule has 104 valence electrons. The molecular formula is C14H22N4O. The van der Waals surface area contributed by atoms with Crippen LogP contribution in [0.2, 0.25) is 0 Å². The zero-order valence-electron chi connectivity index (χ0n) is 11.9. The normalized spacial score (nSPS) is 11.1. The van der Waals surface area contributed by atoms with Crippen molar-refractivity contribution in [1.82, 2.24) is 20.1 Å². The van der Waals surface area contributed by atoms with Gasteiger partial charge < -0.3 is 9.73 Å². The van der Waals surface area contributed by atoms with Gasteiger partial charge in [-0.1, -0.05) is 6.92 Å². The summed E-state index contributed by atoms with van der Waals surface area (Å²) >= 11 is 0. The van der Waals surface area contributed by atoms with Gasteiger partial charge in [-0.15, -0.1) is 0 Å². The van der Waals surface area contributed by atoms with Crippen LogP contribution in [-0.4, -0.2) is 27.9 Å². The van der Waals surface area contributed by atoms with Gasteiger partial charge in [-0.05, 0) is 38.9 Å². The van der Waals surface area contributed by atoms with Crippen molar-refractivity contribution in [1.29, 1.82) is 0 Å². The Morgan fingerprint density at radius 1 is 1.37 bits per heavy atom. The van der Waals surface area contributed by atoms with Crippen LogP contribution < -0.4 is 5.32 Å². The number of hydrogen-bond acceptors (Lipinski definition) is 4. The summed E-state index contributed by atoms with van der Waals surface area (Å²) in [6.07, 6.45) is 4.87. The van der Waals surface area contributed by atoms with Gasteiger partial charge in [0.25, 0.3) is 0 Å². The molecular weight excluding hydrogens is 240 g/mol. The van der Waals surface area contributed by atoms with Gasteiger partial charge >= 0.3 is 0 Å². The fourth-order valence-electron chi connectivity index (χ4n) is 2.05. The number of hydrogen-bond donors (Lipinski definition) is 1. The van der Waals surface area contributed by atoms with Crippen LogP contribution in [0.25, 0.3) is 11.5 Å². The quantitative estimate of drug-likeness (QED) is 0.778. The molecule has 5 heteroatoms. The maximum Gasteiger partial charge on any atom is 0.195 e. The van der Waals surface area contributed by atoms with Crippen LogP contribution in [-0.2, 0) is 13.5 Å². The molecule has 0 aliphatic rings. The second-order valence-corrected chi connectivity index (χ2v) is 4.77. The van der Waals surface area contributed by atoms with E-state index in [1.54, 1.807) is 6.20 Å². The second-order valence-electron chi connectivity index (χ2n) is 4.77. The SMILES string of the molecule is CCCNCCCc1ncc(-c2cc(C)nn2C)o1. The Morgan fingerprint density at radius 3 is 2.89 bits per heavy atom. The van der Waals surface area contributed by atoms with E-state index in [0.717, 1.165) is 49.0 Å². The third-order valence-corrected chi connectivity index (χ3v) is 2.98. The Balaban J connectivity index is 1.90. The Labute approximate surface area is 114 Å². The molecule has 0 aromatic carbocycles. The molecule has 2 aromatic heterocycles. The van der Waals surface area contributed by atoms with E-state index in [4.69, 9.17) is 4.42 Å². The van der Waals surface area contributed by atoms with Crippen LogP contribution in [0.1, 0.15) is 31.4 Å². The molecule has 0 aliphatic heterocycles. The molecule has 2 rings (SSSR count). The first kappa shape index (κ1) is 13.8. The van der Waals surface area contributed by atoms with Gasteiger partial charge in [0, 0.05) is 13.5 Å². The van der Waals surface area contributed by atoms with Gasteiger partial charge in [0.05, 0.1) is 11.9 Å². The lowest BCUT2D eigenvalue weighted by molar-refractivity contribution is 0.488. The minimum atomic E-state index is 0.791. The van der Waals surface area contributed by atoms with Gasteiger partial charge in [-0.3, -0.25) is 4.68 Å². The Hall–Kier alpha value is -1.62. The Kier molecular flexibility index (Phi) is 4.74. The molecule has 19 heavy (non-hydrogen) atoms. The van der Waals surface area contributed by atoms with Crippen molar-refractivity contribution in [3.8, 4) is 11.5 Å². The smallest absolute Gasteiger partial charge is 0.195 e. The highest BCUT2D eigenvalue weighted by molar-refractivity contribution is 5.51. The number of aromatic nitrogens is 3. The first-order valence-electron chi connectivity index (χ1n) is 6.87. The summed E-state index contributed by atoms with van der Waals surface area (Å²) in [5.41, 5.74) is 1.96. The summed E-state index contributed by atoms with van der Waals surface area (Å²) in [4.78, 5) is 4.33. The molecule has 5 nitrogen and oxygen atoms in total. The lowest BCUT2D eigenvalue weighted by atomic mass is 10.3. The molecule has 2 heterocycles. The number of rotatable bonds is 7. The van der Waals surface area contributed by atoms with E-state index in [1.807, 2.05) is 24.7 Å². The zero-order chi connectivity index (χ0) is 13.7. The van der Waals surface area contributed by atoms with Crippen molar-refractivity contribution in [2.45, 2.75) is 33.1 Å². The van der Waals surface area contributed by atoms with Crippen LogP contribution >= 0.6 is 0 Å². The summed E-state index contributed by atoms with van der Waals surface area (Å²) in [7, 11) is 1.92. The predicted molar refractivity (Wildman–Crippen MR) is 74.9 cm³/mol. The topological polar surface area (TPSA) is 55.9 Å². The van der Waals surface area contributed by atoms with Crippen molar-refractivity contribution in [2.24, 2.45) is 7.05 Å². The van der Waals surface area contributed by atoms with Gasteiger partial charge in [0.2, 0.25) is 0 Å². The van der Waals surface area contributed by atoms with Crippen molar-refractivity contribution in [3.05, 3.63) is 23.8 Å². The van der Waals surface area contributed by atoms with E-state index < -0.39 is 0 Å². The van der Waals surface area contributed by atoms with Crippen molar-refractivity contribution in [3.63, 3.8) is 0 Å². The highest BCUT2D eigenvalue weighted by Gasteiger charge is 2.10. The summed E-state index contributed by atoms with van der Waals surface area (Å²) < 4.78 is 7.59. The number of aryl methyl sites for hydroxylation is 3. The van der Waals surface area contributed by atoms with Crippen molar-refractivity contribution < 1.29 is 4.42 Å². The third kappa shape index (κ3) is 3.67. The van der Waals surface area contributed by atoms with Crippen molar-refractivity contribution >= 4 is 0 Å². The molecule has 1 N–H and O–H groups in total. The summed E-state index contributed by atoms with van der Waals surface area (Å²) in [6, 6.07) is 2.01. The maximum absolute atomic E-state index is 5.77. The number of nitrogens with one attached hydrogen (secondary N) is 1. The highest BCUT2D eigenvalue weighted by Crippen LogP contribution is 2.21. The van der Waals surface area contributed by atoms with E-state index in [0.29, 0.717) is 0 Å². The fraction of sp³-hybridized carbons (Fsp3) is 0.571. The third-order valence-electron chi connectivity index (χ3n) is 2.98. The lowest BCUT2D eigenvalue weighted by Crippen LogP contribution is -2.16. The summed E-state index contributed by atoms with van der Waals surface area (Å²) in [5.74, 6) is 1.59. The minimum absolute atomic E-state index is 0.791. The predicted octanol–water partition coefficient (Wildman–Crippen LogP) is 2.32. The average molecular weight is 262 g/mol. The van der Waals surface area contributed by atoms with E-state index in [-0.39, 0.29) is 0 Å². The molecule has 0 atom stereocenters. The monoisotopic (exact) mass is 262 g/mol. The van der Waals surface area contributed by atoms with Crippen LogP contribution in [0.4, 0.5) is 0 Å². The van der Waals surface area contributed by atoms with Gasteiger partial charge in [0.1, 0.15) is 5.69 Å². The van der Waals surface area contributed by atoms with Crippen LogP contribution in [0.15, 0.2) is 16.7 Å². The maximum atomic E-state index is 5.77. The molecule has 0 saturated heterocycles. The Morgan fingerprint density at radius 2 is 2.21 bits per heavy atom. The summed E-state index contributed by atoms with van der Waals surface area (Å²) in [5, 5.41) is 7.68. The second kappa shape index (κ2) is 6.52.